The van der Waals surface area contributed by atoms with Gasteiger partial charge in [-0.05, 0) is 16.8 Å². The van der Waals surface area contributed by atoms with E-state index in [1.165, 1.54) is 6.07 Å². The van der Waals surface area contributed by atoms with Crippen molar-refractivity contribution in [2.75, 3.05) is 0 Å². The molecule has 0 radical (unpaired) electrons. The van der Waals surface area contributed by atoms with Gasteiger partial charge in [-0.15, -0.1) is 0 Å². The summed E-state index contributed by atoms with van der Waals surface area (Å²) in [5, 5.41) is 1.23. The molecule has 0 aliphatic rings. The van der Waals surface area contributed by atoms with Crippen LogP contribution in [0.3, 0.4) is 0 Å². The van der Waals surface area contributed by atoms with Crippen LogP contribution in [0.25, 0.3) is 10.8 Å². The fourth-order valence-electron chi connectivity index (χ4n) is 1.41. The third-order valence-corrected chi connectivity index (χ3v) is 2.91. The van der Waals surface area contributed by atoms with Crippen LogP contribution in [-0.2, 0) is 10.1 Å². The Labute approximate surface area is 93.4 Å². The van der Waals surface area contributed by atoms with Gasteiger partial charge in [0.2, 0.25) is 0 Å². The summed E-state index contributed by atoms with van der Waals surface area (Å²) >= 11 is 0. The van der Waals surface area contributed by atoms with Crippen LogP contribution < -0.4 is 6.15 Å². The Morgan fingerprint density at radius 2 is 1.50 bits per heavy atom. The maximum atomic E-state index is 10.9. The first-order valence-electron chi connectivity index (χ1n) is 4.03. The van der Waals surface area contributed by atoms with Crippen LogP contribution in [0.5, 0.6) is 0 Å². The van der Waals surface area contributed by atoms with Gasteiger partial charge in [-0.3, -0.25) is 0 Å². The first kappa shape index (κ1) is 14.5. The lowest BCUT2D eigenvalue weighted by molar-refractivity contribution is 0.464. The number of fused-ring (bicyclic) bond motifs is 1. The number of quaternary nitrogens is 1. The second kappa shape index (κ2) is 5.04. The maximum absolute atomic E-state index is 10.9. The van der Waals surface area contributed by atoms with Gasteiger partial charge in [-0.1, -0.05) is 36.4 Å². The quantitative estimate of drug-likeness (QED) is 0.758. The van der Waals surface area contributed by atoms with E-state index in [0.717, 1.165) is 5.39 Å². The molecular weight excluding hydrogens is 230 g/mol. The lowest BCUT2D eigenvalue weighted by atomic mass is 10.1. The summed E-state index contributed by atoms with van der Waals surface area (Å²) in [6.45, 7) is 0. The molecule has 0 fully saturated rings. The van der Waals surface area contributed by atoms with Crippen LogP contribution in [0.15, 0.2) is 47.4 Å². The van der Waals surface area contributed by atoms with Crippen LogP contribution in [0.4, 0.5) is 0 Å². The summed E-state index contributed by atoms with van der Waals surface area (Å²) < 4.78 is 32.7. The van der Waals surface area contributed by atoms with Crippen molar-refractivity contribution in [3.8, 4) is 0 Å². The summed E-state index contributed by atoms with van der Waals surface area (Å²) in [6, 6.07) is 11.5. The Kier molecular flexibility index (Phi) is 4.58. The van der Waals surface area contributed by atoms with Crippen LogP contribution in [0.1, 0.15) is 0 Å². The lowest BCUT2D eigenvalue weighted by Gasteiger charge is -2.09. The van der Waals surface area contributed by atoms with Gasteiger partial charge in [0.1, 0.15) is 10.1 Å². The Bertz CT molecular complexity index is 575. The summed E-state index contributed by atoms with van der Waals surface area (Å²) in [4.78, 5) is -0.157. The predicted molar refractivity (Wildman–Crippen MR) is 61.5 cm³/mol. The SMILES string of the molecule is O.O=S(=O)([O-])c1cccc2ccccc12.[NH4+]. The Hall–Kier alpha value is -1.47. The monoisotopic (exact) mass is 243 g/mol. The molecule has 0 heterocycles. The highest BCUT2D eigenvalue weighted by molar-refractivity contribution is 7.86. The van der Waals surface area contributed by atoms with E-state index in [9.17, 15) is 13.0 Å². The first-order chi connectivity index (χ1) is 6.59. The molecule has 2 rings (SSSR count). The van der Waals surface area contributed by atoms with Gasteiger partial charge in [-0.2, -0.15) is 0 Å². The molecule has 0 aromatic heterocycles. The van der Waals surface area contributed by atoms with Crippen molar-refractivity contribution in [2.24, 2.45) is 0 Å². The maximum Gasteiger partial charge on any atom is 0.125 e. The Morgan fingerprint density at radius 3 is 2.12 bits per heavy atom. The third kappa shape index (κ3) is 2.56. The van der Waals surface area contributed by atoms with Gasteiger partial charge in [0.15, 0.2) is 0 Å². The van der Waals surface area contributed by atoms with Crippen LogP contribution >= 0.6 is 0 Å². The number of hydrogen-bond donors (Lipinski definition) is 1. The molecule has 0 saturated carbocycles. The van der Waals surface area contributed by atoms with Crippen molar-refractivity contribution in [3.05, 3.63) is 42.5 Å². The molecule has 0 amide bonds. The minimum absolute atomic E-state index is 0. The van der Waals surface area contributed by atoms with Crippen molar-refractivity contribution in [3.63, 3.8) is 0 Å². The normalized spacial score (nSPS) is 10.3. The van der Waals surface area contributed by atoms with E-state index < -0.39 is 10.1 Å². The minimum Gasteiger partial charge on any atom is -0.744 e. The van der Waals surface area contributed by atoms with Gasteiger partial charge in [0, 0.05) is 0 Å². The molecule has 2 aromatic rings. The lowest BCUT2D eigenvalue weighted by Crippen LogP contribution is -1.98. The number of rotatable bonds is 1. The van der Waals surface area contributed by atoms with Gasteiger partial charge in [-0.25, -0.2) is 8.42 Å². The molecule has 88 valence electrons. The highest BCUT2D eigenvalue weighted by atomic mass is 32.2. The van der Waals surface area contributed by atoms with Gasteiger partial charge in [0.25, 0.3) is 0 Å². The van der Waals surface area contributed by atoms with E-state index in [1.807, 2.05) is 0 Å². The fourth-order valence-corrected chi connectivity index (χ4v) is 2.11. The highest BCUT2D eigenvalue weighted by Gasteiger charge is 2.05. The smallest absolute Gasteiger partial charge is 0.125 e. The Balaban J connectivity index is 0.00000112. The van der Waals surface area contributed by atoms with Crippen molar-refractivity contribution in [1.82, 2.24) is 6.15 Å². The van der Waals surface area contributed by atoms with Gasteiger partial charge >= 0.3 is 0 Å². The molecule has 0 spiro atoms. The molecule has 0 atom stereocenters. The minimum atomic E-state index is -4.38. The summed E-state index contributed by atoms with van der Waals surface area (Å²) in [7, 11) is -4.38. The van der Waals surface area contributed by atoms with Crippen molar-refractivity contribution in [1.29, 1.82) is 0 Å². The van der Waals surface area contributed by atoms with E-state index in [-0.39, 0.29) is 16.5 Å². The third-order valence-electron chi connectivity index (χ3n) is 2.02. The molecule has 0 bridgehead atoms. The van der Waals surface area contributed by atoms with E-state index in [4.69, 9.17) is 0 Å². The largest absolute Gasteiger partial charge is 0.744 e. The second-order valence-corrected chi connectivity index (χ2v) is 4.28. The molecule has 16 heavy (non-hydrogen) atoms. The molecule has 6 N–H and O–H groups in total. The van der Waals surface area contributed by atoms with Crippen LogP contribution in [-0.4, -0.2) is 18.4 Å². The fraction of sp³-hybridized carbons (Fsp3) is 0. The highest BCUT2D eigenvalue weighted by Crippen LogP contribution is 2.21. The van der Waals surface area contributed by atoms with Crippen LogP contribution in [0, 0.1) is 0 Å². The van der Waals surface area contributed by atoms with E-state index >= 15 is 0 Å². The predicted octanol–water partition coefficient (Wildman–Crippen LogP) is 1.30. The summed E-state index contributed by atoms with van der Waals surface area (Å²) in [6.07, 6.45) is 0. The number of hydrogen-bond acceptors (Lipinski definition) is 3. The van der Waals surface area contributed by atoms with E-state index in [1.54, 1.807) is 36.4 Å². The molecule has 2 aromatic carbocycles. The Morgan fingerprint density at radius 1 is 0.938 bits per heavy atom. The number of benzene rings is 2. The van der Waals surface area contributed by atoms with Crippen molar-refractivity contribution in [2.45, 2.75) is 4.90 Å². The molecule has 6 heteroatoms. The molecule has 0 aliphatic carbocycles. The molecule has 0 saturated heterocycles. The molecule has 0 unspecified atom stereocenters. The standard InChI is InChI=1S/C10H8O3S.H3N.H2O/c11-14(12,13)10-7-3-5-8-4-1-2-6-9(8)10;;/h1-7H,(H,11,12,13);1H3;1H2. The van der Waals surface area contributed by atoms with E-state index in [0.29, 0.717) is 5.39 Å². The van der Waals surface area contributed by atoms with Gasteiger partial charge in [0.05, 0.1) is 4.90 Å². The zero-order valence-corrected chi connectivity index (χ0v) is 9.49. The summed E-state index contributed by atoms with van der Waals surface area (Å²) in [5.41, 5.74) is 0. The zero-order chi connectivity index (χ0) is 10.2. The molecule has 0 aliphatic heterocycles. The van der Waals surface area contributed by atoms with Gasteiger partial charge < -0.3 is 16.2 Å². The average Bonchev–Trinajstić information content (AvgIpc) is 2.15. The topological polar surface area (TPSA) is 125 Å². The second-order valence-electron chi connectivity index (χ2n) is 2.93. The average molecular weight is 243 g/mol. The first-order valence-corrected chi connectivity index (χ1v) is 5.43. The van der Waals surface area contributed by atoms with Crippen molar-refractivity contribution >= 4 is 20.9 Å². The zero-order valence-electron chi connectivity index (χ0n) is 8.67. The van der Waals surface area contributed by atoms with Crippen molar-refractivity contribution < 1.29 is 18.4 Å². The van der Waals surface area contributed by atoms with E-state index in [2.05, 4.69) is 0 Å². The molecular formula is C10H13NO4S. The molecule has 5 nitrogen and oxygen atoms in total. The van der Waals surface area contributed by atoms with Crippen LogP contribution in [0.2, 0.25) is 0 Å². The summed E-state index contributed by atoms with van der Waals surface area (Å²) in [5.74, 6) is 0.